The van der Waals surface area contributed by atoms with E-state index in [9.17, 15) is 0 Å². The quantitative estimate of drug-likeness (QED) is 0.320. The van der Waals surface area contributed by atoms with Crippen LogP contribution < -0.4 is 10.6 Å². The van der Waals surface area contributed by atoms with Gasteiger partial charge in [-0.2, -0.15) is 0 Å². The van der Waals surface area contributed by atoms with Gasteiger partial charge in [-0.3, -0.25) is 4.99 Å². The molecular weight excluding hydrogens is 350 g/mol. The van der Waals surface area contributed by atoms with E-state index < -0.39 is 0 Å². The van der Waals surface area contributed by atoms with Crippen molar-refractivity contribution < 1.29 is 4.74 Å². The molecule has 1 saturated carbocycles. The minimum Gasteiger partial charge on any atom is -0.378 e. The third kappa shape index (κ3) is 5.83. The van der Waals surface area contributed by atoms with Crippen LogP contribution >= 0.6 is 0 Å². The monoisotopic (exact) mass is 395 g/mol. The smallest absolute Gasteiger partial charge is 0.191 e. The first-order valence-electron chi connectivity index (χ1n) is 11.7. The van der Waals surface area contributed by atoms with Gasteiger partial charge in [0.15, 0.2) is 5.96 Å². The number of hydrogen-bond acceptors (Lipinski definition) is 4. The Morgan fingerprint density at radius 2 is 1.71 bits per heavy atom. The Hall–Kier alpha value is -0.850. The molecule has 2 rings (SSSR count). The number of unbranched alkanes of at least 4 members (excludes halogenated alkanes) is 1. The van der Waals surface area contributed by atoms with Crippen molar-refractivity contribution in [1.29, 1.82) is 0 Å². The summed E-state index contributed by atoms with van der Waals surface area (Å²) >= 11 is 0. The van der Waals surface area contributed by atoms with Crippen LogP contribution in [0.5, 0.6) is 0 Å². The second kappa shape index (κ2) is 12.0. The Labute approximate surface area is 173 Å². The Morgan fingerprint density at radius 3 is 2.29 bits per heavy atom. The van der Waals surface area contributed by atoms with Gasteiger partial charge in [-0.15, -0.1) is 0 Å². The summed E-state index contributed by atoms with van der Waals surface area (Å²) in [6.45, 7) is 18.0. The Morgan fingerprint density at radius 1 is 1.04 bits per heavy atom. The van der Waals surface area contributed by atoms with Crippen LogP contribution in [-0.2, 0) is 4.74 Å². The number of rotatable bonds is 11. The Balaban J connectivity index is 1.65. The molecule has 164 valence electrons. The number of aliphatic imine (C=N–C) groups is 1. The van der Waals surface area contributed by atoms with Gasteiger partial charge in [-0.05, 0) is 52.1 Å². The highest BCUT2D eigenvalue weighted by Crippen LogP contribution is 2.48. The first-order chi connectivity index (χ1) is 13.6. The van der Waals surface area contributed by atoms with E-state index in [1.165, 1.54) is 52.1 Å². The molecule has 0 aromatic heterocycles. The number of nitrogens with one attached hydrogen (secondary N) is 2. The average molecular weight is 396 g/mol. The van der Waals surface area contributed by atoms with Crippen molar-refractivity contribution >= 4 is 5.96 Å². The van der Waals surface area contributed by atoms with Crippen LogP contribution in [0.1, 0.15) is 59.8 Å². The first kappa shape index (κ1) is 23.4. The van der Waals surface area contributed by atoms with E-state index in [0.29, 0.717) is 12.1 Å². The molecule has 2 atom stereocenters. The topological polar surface area (TPSA) is 52.1 Å². The summed E-state index contributed by atoms with van der Waals surface area (Å²) in [6.07, 6.45) is 6.20. The molecule has 28 heavy (non-hydrogen) atoms. The minimum atomic E-state index is 0.244. The SMILES string of the molecule is CCOC1CC(NC(=NC)NCCCCN2CCN(CC)CC2)C1(CC)CC. The second-order valence-electron chi connectivity index (χ2n) is 8.30. The Bertz CT molecular complexity index is 458. The molecule has 1 aliphatic heterocycles. The molecule has 6 nitrogen and oxygen atoms in total. The van der Waals surface area contributed by atoms with Gasteiger partial charge in [0.2, 0.25) is 0 Å². The zero-order valence-corrected chi connectivity index (χ0v) is 19.1. The number of guanidine groups is 1. The molecule has 1 saturated heterocycles. The summed E-state index contributed by atoms with van der Waals surface area (Å²) < 4.78 is 6.00. The van der Waals surface area contributed by atoms with Crippen LogP contribution in [0.2, 0.25) is 0 Å². The molecule has 2 N–H and O–H groups in total. The van der Waals surface area contributed by atoms with Crippen LogP contribution in [0.4, 0.5) is 0 Å². The van der Waals surface area contributed by atoms with Crippen LogP contribution in [0.15, 0.2) is 4.99 Å². The molecule has 1 aliphatic carbocycles. The van der Waals surface area contributed by atoms with Crippen LogP contribution in [0.25, 0.3) is 0 Å². The summed E-state index contributed by atoms with van der Waals surface area (Å²) in [7, 11) is 1.88. The third-order valence-corrected chi connectivity index (χ3v) is 7.11. The van der Waals surface area contributed by atoms with Crippen molar-refractivity contribution in [2.24, 2.45) is 10.4 Å². The molecule has 2 unspecified atom stereocenters. The molecule has 0 aromatic carbocycles. The lowest BCUT2D eigenvalue weighted by molar-refractivity contribution is -0.133. The lowest BCUT2D eigenvalue weighted by Gasteiger charge is -2.55. The standard InChI is InChI=1S/C22H45N5O/c1-6-22(7-2)19(18-20(22)28-9-4)25-21(23-5)24-12-10-11-13-27-16-14-26(8-3)15-17-27/h19-20H,6-18H2,1-5H3,(H2,23,24,25). The largest absolute Gasteiger partial charge is 0.378 e. The fourth-order valence-electron chi connectivity index (χ4n) is 4.94. The Kier molecular flexibility index (Phi) is 10.0. The van der Waals surface area contributed by atoms with Gasteiger partial charge in [0, 0.05) is 57.8 Å². The third-order valence-electron chi connectivity index (χ3n) is 7.11. The maximum absolute atomic E-state index is 6.00. The van der Waals surface area contributed by atoms with Gasteiger partial charge in [0.05, 0.1) is 6.10 Å². The summed E-state index contributed by atoms with van der Waals surface area (Å²) in [5, 5.41) is 7.21. The fourth-order valence-corrected chi connectivity index (χ4v) is 4.94. The number of likely N-dealkylation sites (N-methyl/N-ethyl adjacent to an activating group) is 1. The average Bonchev–Trinajstić information content (AvgIpc) is 2.72. The van der Waals surface area contributed by atoms with Gasteiger partial charge >= 0.3 is 0 Å². The fraction of sp³-hybridized carbons (Fsp3) is 0.955. The molecule has 0 radical (unpaired) electrons. The van der Waals surface area contributed by atoms with Crippen molar-refractivity contribution in [3.8, 4) is 0 Å². The van der Waals surface area contributed by atoms with Gasteiger partial charge in [-0.25, -0.2) is 0 Å². The highest BCUT2D eigenvalue weighted by Gasteiger charge is 2.53. The van der Waals surface area contributed by atoms with Gasteiger partial charge in [-0.1, -0.05) is 20.8 Å². The number of ether oxygens (including phenoxy) is 1. The minimum absolute atomic E-state index is 0.244. The first-order valence-corrected chi connectivity index (χ1v) is 11.7. The summed E-state index contributed by atoms with van der Waals surface area (Å²) in [5.74, 6) is 0.947. The zero-order chi connectivity index (χ0) is 20.4. The van der Waals surface area contributed by atoms with Crippen molar-refractivity contribution in [3.05, 3.63) is 0 Å². The summed E-state index contributed by atoms with van der Waals surface area (Å²) in [6, 6.07) is 0.458. The lowest BCUT2D eigenvalue weighted by Crippen LogP contribution is -2.65. The predicted molar refractivity (Wildman–Crippen MR) is 119 cm³/mol. The molecule has 6 heteroatoms. The molecule has 0 aromatic rings. The van der Waals surface area contributed by atoms with Crippen LogP contribution in [0, 0.1) is 5.41 Å². The van der Waals surface area contributed by atoms with Crippen LogP contribution in [0.3, 0.4) is 0 Å². The zero-order valence-electron chi connectivity index (χ0n) is 19.1. The van der Waals surface area contributed by atoms with E-state index in [-0.39, 0.29) is 5.41 Å². The molecule has 2 fully saturated rings. The number of nitrogens with zero attached hydrogens (tertiary/aromatic N) is 3. The van der Waals surface area contributed by atoms with Gasteiger partial charge in [0.1, 0.15) is 0 Å². The van der Waals surface area contributed by atoms with Crippen molar-refractivity contribution in [2.45, 2.75) is 71.9 Å². The maximum atomic E-state index is 6.00. The molecule has 0 bridgehead atoms. The van der Waals surface area contributed by atoms with Crippen molar-refractivity contribution in [3.63, 3.8) is 0 Å². The van der Waals surface area contributed by atoms with E-state index in [2.05, 4.69) is 53.1 Å². The van der Waals surface area contributed by atoms with E-state index in [4.69, 9.17) is 4.74 Å². The molecule has 0 spiro atoms. The van der Waals surface area contributed by atoms with E-state index in [0.717, 1.165) is 38.4 Å². The van der Waals surface area contributed by atoms with E-state index in [1.807, 2.05) is 7.05 Å². The second-order valence-corrected chi connectivity index (χ2v) is 8.30. The van der Waals surface area contributed by atoms with Crippen molar-refractivity contribution in [2.75, 3.05) is 59.5 Å². The van der Waals surface area contributed by atoms with Gasteiger partial charge in [0.25, 0.3) is 0 Å². The van der Waals surface area contributed by atoms with E-state index in [1.54, 1.807) is 0 Å². The highest BCUT2D eigenvalue weighted by molar-refractivity contribution is 5.80. The number of hydrogen-bond donors (Lipinski definition) is 2. The molecule has 1 heterocycles. The lowest BCUT2D eigenvalue weighted by atomic mass is 9.58. The van der Waals surface area contributed by atoms with E-state index >= 15 is 0 Å². The molecular formula is C22H45N5O. The molecule has 2 aliphatic rings. The maximum Gasteiger partial charge on any atom is 0.191 e. The van der Waals surface area contributed by atoms with Crippen molar-refractivity contribution in [1.82, 2.24) is 20.4 Å². The predicted octanol–water partition coefficient (Wildman–Crippen LogP) is 2.55. The van der Waals surface area contributed by atoms with Crippen LogP contribution in [-0.4, -0.2) is 87.4 Å². The highest BCUT2D eigenvalue weighted by atomic mass is 16.5. The summed E-state index contributed by atoms with van der Waals surface area (Å²) in [4.78, 5) is 9.61. The number of piperazine rings is 1. The molecule has 0 amide bonds. The summed E-state index contributed by atoms with van der Waals surface area (Å²) in [5.41, 5.74) is 0.244. The normalized spacial score (nSPS) is 26.1. The van der Waals surface area contributed by atoms with Gasteiger partial charge < -0.3 is 25.2 Å².